The number of ether oxygens (including phenoxy) is 1. The van der Waals surface area contributed by atoms with Gasteiger partial charge < -0.3 is 23.5 Å². The Morgan fingerprint density at radius 1 is 1.19 bits per heavy atom. The zero-order valence-electron chi connectivity index (χ0n) is 17.1. The molecule has 2 N–H and O–H groups in total. The molecule has 0 saturated carbocycles. The van der Waals surface area contributed by atoms with Crippen LogP contribution in [0.3, 0.4) is 0 Å². The fourth-order valence-electron chi connectivity index (χ4n) is 2.79. The summed E-state index contributed by atoms with van der Waals surface area (Å²) in [5, 5.41) is 20.8. The van der Waals surface area contributed by atoms with E-state index in [4.69, 9.17) is 13.3 Å². The summed E-state index contributed by atoms with van der Waals surface area (Å²) >= 11 is 0. The molecule has 0 aliphatic carbocycles. The fourth-order valence-corrected chi connectivity index (χ4v) is 10.8. The molecule has 0 heterocycles. The van der Waals surface area contributed by atoms with Gasteiger partial charge in [0.25, 0.3) is 0 Å². The van der Waals surface area contributed by atoms with E-state index in [1.807, 2.05) is 6.07 Å². The monoisotopic (exact) mass is 400 g/mol. The second kappa shape index (κ2) is 10.1. The molecule has 5 nitrogen and oxygen atoms in total. The van der Waals surface area contributed by atoms with Gasteiger partial charge in [-0.2, -0.15) is 0 Å². The molecular formula is C19H36O5Si2. The van der Waals surface area contributed by atoms with Gasteiger partial charge in [-0.1, -0.05) is 37.3 Å². The highest BCUT2D eigenvalue weighted by atomic mass is 28.4. The molecule has 0 fully saturated rings. The van der Waals surface area contributed by atoms with Gasteiger partial charge in [0.2, 0.25) is 8.32 Å². The number of hydrogen-bond donors (Lipinski definition) is 2. The van der Waals surface area contributed by atoms with Crippen LogP contribution >= 0.6 is 0 Å². The Bertz CT molecular complexity index is 516. The van der Waals surface area contributed by atoms with Gasteiger partial charge >= 0.3 is 8.56 Å². The Morgan fingerprint density at radius 2 is 1.81 bits per heavy atom. The molecule has 1 aromatic rings. The second-order valence-corrected chi connectivity index (χ2v) is 15.5. The standard InChI is InChI=1S/C19H36O5Si2/c1-7-26(22-4,15-11-14-23-16-19(3,21)17(2)20)24-25(5,6)18-12-9-8-10-13-18/h8-10,12-13,17,20-21H,7,11,14-16H2,1-6H3. The molecule has 0 radical (unpaired) electrons. The van der Waals surface area contributed by atoms with Gasteiger partial charge in [-0.25, -0.2) is 0 Å². The maximum atomic E-state index is 10.0. The summed E-state index contributed by atoms with van der Waals surface area (Å²) in [5.74, 6) is 0. The highest BCUT2D eigenvalue weighted by molar-refractivity contribution is 6.91. The van der Waals surface area contributed by atoms with Crippen molar-refractivity contribution in [1.29, 1.82) is 0 Å². The molecule has 3 unspecified atom stereocenters. The van der Waals surface area contributed by atoms with Crippen molar-refractivity contribution in [3.8, 4) is 0 Å². The Morgan fingerprint density at radius 3 is 2.31 bits per heavy atom. The summed E-state index contributed by atoms with van der Waals surface area (Å²) in [4.78, 5) is 0. The third kappa shape index (κ3) is 6.88. The van der Waals surface area contributed by atoms with Crippen LogP contribution in [0, 0.1) is 0 Å². The number of benzene rings is 1. The SMILES string of the molecule is CC[Si](CCCOCC(C)(O)C(C)O)(OC)O[Si](C)(C)c1ccccc1. The summed E-state index contributed by atoms with van der Waals surface area (Å²) in [7, 11) is -2.60. The van der Waals surface area contributed by atoms with Gasteiger partial charge in [0, 0.05) is 13.7 Å². The van der Waals surface area contributed by atoms with E-state index in [1.165, 1.54) is 5.19 Å². The molecule has 150 valence electrons. The summed E-state index contributed by atoms with van der Waals surface area (Å²) in [5.41, 5.74) is -1.22. The van der Waals surface area contributed by atoms with Crippen molar-refractivity contribution in [3.63, 3.8) is 0 Å². The lowest BCUT2D eigenvalue weighted by molar-refractivity contribution is -0.102. The topological polar surface area (TPSA) is 68.2 Å². The first-order chi connectivity index (χ1) is 12.1. The number of aliphatic hydroxyl groups excluding tert-OH is 1. The normalized spacial score (nSPS) is 18.2. The molecule has 1 aromatic carbocycles. The highest BCUT2D eigenvalue weighted by Crippen LogP contribution is 2.25. The van der Waals surface area contributed by atoms with Crippen molar-refractivity contribution in [1.82, 2.24) is 0 Å². The van der Waals surface area contributed by atoms with Gasteiger partial charge in [0.1, 0.15) is 5.60 Å². The third-order valence-corrected chi connectivity index (χ3v) is 13.2. The van der Waals surface area contributed by atoms with E-state index < -0.39 is 28.6 Å². The van der Waals surface area contributed by atoms with Crippen LogP contribution in [0.4, 0.5) is 0 Å². The summed E-state index contributed by atoms with van der Waals surface area (Å²) < 4.78 is 18.2. The average Bonchev–Trinajstić information content (AvgIpc) is 2.61. The summed E-state index contributed by atoms with van der Waals surface area (Å²) in [6.07, 6.45) is -0.0186. The minimum Gasteiger partial charge on any atom is -0.432 e. The maximum absolute atomic E-state index is 10.0. The Hall–Kier alpha value is -0.546. The first kappa shape index (κ1) is 23.5. The fraction of sp³-hybridized carbons (Fsp3) is 0.684. The highest BCUT2D eigenvalue weighted by Gasteiger charge is 2.41. The summed E-state index contributed by atoms with van der Waals surface area (Å²) in [6, 6.07) is 12.1. The van der Waals surface area contributed by atoms with Gasteiger partial charge in [-0.3, -0.25) is 0 Å². The second-order valence-electron chi connectivity index (χ2n) is 7.64. The van der Waals surface area contributed by atoms with Crippen LogP contribution in [-0.4, -0.2) is 59.1 Å². The quantitative estimate of drug-likeness (QED) is 0.417. The average molecular weight is 401 g/mol. The van der Waals surface area contributed by atoms with Gasteiger partial charge in [-0.15, -0.1) is 0 Å². The van der Waals surface area contributed by atoms with E-state index in [0.717, 1.165) is 18.5 Å². The number of aliphatic hydroxyl groups is 2. The molecular weight excluding hydrogens is 364 g/mol. The van der Waals surface area contributed by atoms with Gasteiger partial charge in [-0.05, 0) is 50.6 Å². The minimum absolute atomic E-state index is 0.115. The lowest BCUT2D eigenvalue weighted by Gasteiger charge is -2.37. The zero-order valence-corrected chi connectivity index (χ0v) is 19.1. The lowest BCUT2D eigenvalue weighted by atomic mass is 10.0. The van der Waals surface area contributed by atoms with Crippen LogP contribution in [0.1, 0.15) is 27.2 Å². The lowest BCUT2D eigenvalue weighted by Crippen LogP contribution is -2.56. The van der Waals surface area contributed by atoms with Crippen LogP contribution in [-0.2, 0) is 13.3 Å². The first-order valence-electron chi connectivity index (χ1n) is 9.37. The van der Waals surface area contributed by atoms with Crippen LogP contribution in [0.5, 0.6) is 0 Å². The van der Waals surface area contributed by atoms with Crippen LogP contribution < -0.4 is 5.19 Å². The van der Waals surface area contributed by atoms with Crippen molar-refractivity contribution in [2.45, 2.75) is 64.1 Å². The number of hydrogen-bond acceptors (Lipinski definition) is 5. The van der Waals surface area contributed by atoms with Crippen molar-refractivity contribution < 1.29 is 23.5 Å². The predicted molar refractivity (Wildman–Crippen MR) is 110 cm³/mol. The molecule has 1 rings (SSSR count). The van der Waals surface area contributed by atoms with Crippen LogP contribution in [0.15, 0.2) is 30.3 Å². The number of rotatable bonds is 12. The molecule has 0 aliphatic heterocycles. The zero-order chi connectivity index (χ0) is 19.8. The van der Waals surface area contributed by atoms with E-state index in [9.17, 15) is 10.2 Å². The van der Waals surface area contributed by atoms with E-state index in [0.29, 0.717) is 6.61 Å². The van der Waals surface area contributed by atoms with Gasteiger partial charge in [0.15, 0.2) is 0 Å². The van der Waals surface area contributed by atoms with Crippen LogP contribution in [0.25, 0.3) is 0 Å². The van der Waals surface area contributed by atoms with Crippen molar-refractivity contribution in [3.05, 3.63) is 30.3 Å². The van der Waals surface area contributed by atoms with E-state index in [-0.39, 0.29) is 6.61 Å². The van der Waals surface area contributed by atoms with Crippen LogP contribution in [0.2, 0.25) is 25.2 Å². The first-order valence-corrected chi connectivity index (χ1v) is 14.5. The maximum Gasteiger partial charge on any atom is 0.327 e. The van der Waals surface area contributed by atoms with Gasteiger partial charge in [0.05, 0.1) is 12.7 Å². The molecule has 3 atom stereocenters. The molecule has 0 aromatic heterocycles. The molecule has 26 heavy (non-hydrogen) atoms. The molecule has 7 heteroatoms. The third-order valence-electron chi connectivity index (χ3n) is 4.96. The Labute approximate surface area is 160 Å². The molecule has 0 spiro atoms. The molecule has 0 amide bonds. The summed E-state index contributed by atoms with van der Waals surface area (Å²) in [6.45, 7) is 10.3. The van der Waals surface area contributed by atoms with Crippen molar-refractivity contribution in [2.75, 3.05) is 20.3 Å². The van der Waals surface area contributed by atoms with E-state index >= 15 is 0 Å². The minimum atomic E-state index is -2.31. The molecule has 0 aliphatic rings. The van der Waals surface area contributed by atoms with E-state index in [2.05, 4.69) is 44.3 Å². The van der Waals surface area contributed by atoms with Crippen molar-refractivity contribution in [2.24, 2.45) is 0 Å². The smallest absolute Gasteiger partial charge is 0.327 e. The predicted octanol–water partition coefficient (Wildman–Crippen LogP) is 2.76. The Balaban J connectivity index is 2.61. The van der Waals surface area contributed by atoms with E-state index in [1.54, 1.807) is 21.0 Å². The van der Waals surface area contributed by atoms with Crippen molar-refractivity contribution >= 4 is 22.1 Å². The largest absolute Gasteiger partial charge is 0.432 e. The molecule has 0 saturated heterocycles. The molecule has 0 bridgehead atoms. The Kier molecular flexibility index (Phi) is 9.15.